The average molecular weight is 254 g/mol. The van der Waals surface area contributed by atoms with E-state index in [1.807, 2.05) is 0 Å². The van der Waals surface area contributed by atoms with Gasteiger partial charge in [-0.2, -0.15) is 0 Å². The molecule has 2 rings (SSSR count). The minimum atomic E-state index is -0.833. The van der Waals surface area contributed by atoms with Crippen LogP contribution in [0.5, 0.6) is 0 Å². The summed E-state index contributed by atoms with van der Waals surface area (Å²) in [5.41, 5.74) is 5.35. The Morgan fingerprint density at radius 3 is 2.28 bits per heavy atom. The van der Waals surface area contributed by atoms with E-state index >= 15 is 0 Å². The highest BCUT2D eigenvalue weighted by atomic mass is 16.4. The number of nitrogens with two attached hydrogens (primary N) is 1. The summed E-state index contributed by atoms with van der Waals surface area (Å²) in [5, 5.41) is 11.9. The number of rotatable bonds is 4. The van der Waals surface area contributed by atoms with E-state index in [1.165, 1.54) is 0 Å². The number of amides is 1. The first-order valence-electron chi connectivity index (χ1n) is 6.80. The molecule has 0 atom stereocenters. The van der Waals surface area contributed by atoms with Crippen LogP contribution in [0.15, 0.2) is 0 Å². The lowest BCUT2D eigenvalue weighted by atomic mass is 9.73. The molecule has 18 heavy (non-hydrogen) atoms. The van der Waals surface area contributed by atoms with Gasteiger partial charge in [-0.25, -0.2) is 0 Å². The second-order valence-electron chi connectivity index (χ2n) is 5.81. The van der Waals surface area contributed by atoms with E-state index in [0.29, 0.717) is 0 Å². The maximum absolute atomic E-state index is 12.1. The Balaban J connectivity index is 1.87. The Hall–Kier alpha value is -1.10. The van der Waals surface area contributed by atoms with Gasteiger partial charge < -0.3 is 16.2 Å². The van der Waals surface area contributed by atoms with Crippen molar-refractivity contribution in [1.82, 2.24) is 5.32 Å². The molecule has 0 bridgehead atoms. The van der Waals surface area contributed by atoms with Gasteiger partial charge in [0.1, 0.15) is 0 Å². The van der Waals surface area contributed by atoms with Crippen LogP contribution >= 0.6 is 0 Å². The van der Waals surface area contributed by atoms with Crippen molar-refractivity contribution in [2.24, 2.45) is 11.7 Å². The van der Waals surface area contributed by atoms with E-state index in [9.17, 15) is 9.59 Å². The first-order valence-corrected chi connectivity index (χ1v) is 6.80. The number of carbonyl (C=O) groups is 2. The summed E-state index contributed by atoms with van der Waals surface area (Å²) in [7, 11) is 0. The zero-order chi connectivity index (χ0) is 13.2. The molecule has 1 amide bonds. The molecule has 102 valence electrons. The van der Waals surface area contributed by atoms with Crippen LogP contribution in [0.1, 0.15) is 51.4 Å². The molecule has 0 radical (unpaired) electrons. The number of carboxylic acid groups (broad SMARTS) is 1. The highest BCUT2D eigenvalue weighted by Crippen LogP contribution is 2.36. The fraction of sp³-hybridized carbons (Fsp3) is 0.846. The molecule has 2 fully saturated rings. The Morgan fingerprint density at radius 1 is 1.22 bits per heavy atom. The van der Waals surface area contributed by atoms with E-state index < -0.39 is 11.5 Å². The van der Waals surface area contributed by atoms with E-state index in [-0.39, 0.29) is 24.3 Å². The lowest BCUT2D eigenvalue weighted by molar-refractivity contribution is -0.141. The first-order chi connectivity index (χ1) is 8.51. The Bertz CT molecular complexity index is 331. The number of hydrogen-bond acceptors (Lipinski definition) is 3. The molecular formula is C13H22N2O3. The molecule has 0 aliphatic heterocycles. The van der Waals surface area contributed by atoms with E-state index in [0.717, 1.165) is 44.9 Å². The van der Waals surface area contributed by atoms with Crippen molar-refractivity contribution >= 4 is 11.9 Å². The predicted molar refractivity (Wildman–Crippen MR) is 66.9 cm³/mol. The molecule has 2 aliphatic rings. The van der Waals surface area contributed by atoms with Crippen LogP contribution in [-0.4, -0.2) is 28.6 Å². The number of nitrogens with one attached hydrogen (secondary N) is 1. The molecule has 2 saturated carbocycles. The molecule has 0 heterocycles. The first kappa shape index (κ1) is 13.3. The molecule has 0 aromatic carbocycles. The van der Waals surface area contributed by atoms with Gasteiger partial charge in [-0.1, -0.05) is 0 Å². The summed E-state index contributed by atoms with van der Waals surface area (Å²) in [5.74, 6) is -0.778. The number of hydrogen-bond donors (Lipinski definition) is 3. The molecule has 0 saturated heterocycles. The van der Waals surface area contributed by atoms with E-state index in [2.05, 4.69) is 5.32 Å². The Kier molecular flexibility index (Phi) is 3.90. The molecule has 5 heteroatoms. The topological polar surface area (TPSA) is 92.4 Å². The lowest BCUT2D eigenvalue weighted by Gasteiger charge is -2.42. The van der Waals surface area contributed by atoms with Crippen molar-refractivity contribution in [2.75, 3.05) is 0 Å². The fourth-order valence-electron chi connectivity index (χ4n) is 2.98. The standard InChI is InChI=1S/C13H22N2O3/c14-10-4-2-9(3-5-10)12(18)15-13(6-1-7-13)8-11(16)17/h9-10H,1-8,14H2,(H,15,18)(H,16,17). The van der Waals surface area contributed by atoms with Crippen molar-refractivity contribution in [3.05, 3.63) is 0 Å². The van der Waals surface area contributed by atoms with Gasteiger partial charge in [0.15, 0.2) is 0 Å². The molecule has 0 aromatic heterocycles. The Morgan fingerprint density at radius 2 is 1.83 bits per heavy atom. The van der Waals surface area contributed by atoms with Crippen molar-refractivity contribution < 1.29 is 14.7 Å². The van der Waals surface area contributed by atoms with Gasteiger partial charge in [-0.05, 0) is 44.9 Å². The normalized spacial score (nSPS) is 30.3. The summed E-state index contributed by atoms with van der Waals surface area (Å²) in [6.07, 6.45) is 6.07. The molecule has 0 aromatic rings. The maximum Gasteiger partial charge on any atom is 0.305 e. The quantitative estimate of drug-likeness (QED) is 0.698. The van der Waals surface area contributed by atoms with Crippen LogP contribution in [0.25, 0.3) is 0 Å². The third-order valence-corrected chi connectivity index (χ3v) is 4.33. The number of carbonyl (C=O) groups excluding carboxylic acids is 1. The summed E-state index contributed by atoms with van der Waals surface area (Å²) in [4.78, 5) is 23.0. The Labute approximate surface area is 107 Å². The largest absolute Gasteiger partial charge is 0.481 e. The van der Waals surface area contributed by atoms with Gasteiger partial charge >= 0.3 is 5.97 Å². The van der Waals surface area contributed by atoms with Crippen molar-refractivity contribution in [3.8, 4) is 0 Å². The van der Waals surface area contributed by atoms with Gasteiger partial charge in [-0.15, -0.1) is 0 Å². The van der Waals surface area contributed by atoms with E-state index in [1.54, 1.807) is 0 Å². The zero-order valence-corrected chi connectivity index (χ0v) is 10.7. The molecule has 0 spiro atoms. The highest BCUT2D eigenvalue weighted by molar-refractivity contribution is 5.81. The summed E-state index contributed by atoms with van der Waals surface area (Å²) in [6.45, 7) is 0. The van der Waals surface area contributed by atoms with Crippen LogP contribution in [0.4, 0.5) is 0 Å². The third-order valence-electron chi connectivity index (χ3n) is 4.33. The van der Waals surface area contributed by atoms with Crippen molar-refractivity contribution in [1.29, 1.82) is 0 Å². The van der Waals surface area contributed by atoms with Gasteiger partial charge in [0.25, 0.3) is 0 Å². The minimum Gasteiger partial charge on any atom is -0.481 e. The summed E-state index contributed by atoms with van der Waals surface area (Å²) in [6, 6.07) is 0.228. The monoisotopic (exact) mass is 254 g/mol. The van der Waals surface area contributed by atoms with Crippen LogP contribution < -0.4 is 11.1 Å². The minimum absolute atomic E-state index is 0.0241. The van der Waals surface area contributed by atoms with E-state index in [4.69, 9.17) is 10.8 Å². The van der Waals surface area contributed by atoms with Gasteiger partial charge in [-0.3, -0.25) is 9.59 Å². The average Bonchev–Trinajstić information content (AvgIpc) is 2.26. The van der Waals surface area contributed by atoms with Crippen LogP contribution in [-0.2, 0) is 9.59 Å². The van der Waals surface area contributed by atoms with Gasteiger partial charge in [0.2, 0.25) is 5.91 Å². The second-order valence-corrected chi connectivity index (χ2v) is 5.81. The lowest BCUT2D eigenvalue weighted by Crippen LogP contribution is -2.56. The van der Waals surface area contributed by atoms with Crippen LogP contribution in [0.3, 0.4) is 0 Å². The predicted octanol–water partition coefficient (Wildman–Crippen LogP) is 1.02. The van der Waals surface area contributed by atoms with Crippen LogP contribution in [0.2, 0.25) is 0 Å². The van der Waals surface area contributed by atoms with Crippen LogP contribution in [0, 0.1) is 5.92 Å². The second kappa shape index (κ2) is 5.26. The van der Waals surface area contributed by atoms with Crippen molar-refractivity contribution in [2.45, 2.75) is 62.9 Å². The zero-order valence-electron chi connectivity index (χ0n) is 10.7. The van der Waals surface area contributed by atoms with Crippen molar-refractivity contribution in [3.63, 3.8) is 0 Å². The SMILES string of the molecule is NC1CCC(C(=O)NC2(CC(=O)O)CCC2)CC1. The maximum atomic E-state index is 12.1. The summed E-state index contributed by atoms with van der Waals surface area (Å²) < 4.78 is 0. The van der Waals surface area contributed by atoms with Gasteiger partial charge in [0, 0.05) is 12.0 Å². The number of carboxylic acids is 1. The molecular weight excluding hydrogens is 232 g/mol. The molecule has 0 unspecified atom stereocenters. The number of aliphatic carboxylic acids is 1. The highest BCUT2D eigenvalue weighted by Gasteiger charge is 2.41. The third kappa shape index (κ3) is 3.02. The fourth-order valence-corrected chi connectivity index (χ4v) is 2.98. The smallest absolute Gasteiger partial charge is 0.305 e. The summed E-state index contributed by atoms with van der Waals surface area (Å²) >= 11 is 0. The molecule has 4 N–H and O–H groups in total. The molecule has 2 aliphatic carbocycles. The van der Waals surface area contributed by atoms with Gasteiger partial charge in [0.05, 0.1) is 12.0 Å². The molecule has 5 nitrogen and oxygen atoms in total.